The lowest BCUT2D eigenvalue weighted by atomic mass is 10.0. The maximum absolute atomic E-state index is 13.0. The fourth-order valence-electron chi connectivity index (χ4n) is 3.07. The number of unbranched alkanes of at least 4 members (excludes halogenated alkanes) is 1. The van der Waals surface area contributed by atoms with E-state index in [1.165, 1.54) is 11.8 Å². The average molecular weight is 490 g/mol. The molecule has 8 N–H and O–H groups in total. The van der Waals surface area contributed by atoms with E-state index in [0.29, 0.717) is 38.0 Å². The van der Waals surface area contributed by atoms with Crippen LogP contribution in [-0.4, -0.2) is 71.5 Å². The van der Waals surface area contributed by atoms with E-state index in [1.807, 2.05) is 34.0 Å². The summed E-state index contributed by atoms with van der Waals surface area (Å²) in [5, 5.41) is 17.4. The van der Waals surface area contributed by atoms with Crippen molar-refractivity contribution in [1.82, 2.24) is 16.0 Å². The Labute approximate surface area is 201 Å². The van der Waals surface area contributed by atoms with Crippen LogP contribution < -0.4 is 27.4 Å². The molecule has 0 aromatic carbocycles. The topological polar surface area (TPSA) is 177 Å². The summed E-state index contributed by atoms with van der Waals surface area (Å²) in [7, 11) is 0. The molecule has 0 aliphatic heterocycles. The monoisotopic (exact) mass is 489 g/mol. The second-order valence-corrected chi connectivity index (χ2v) is 9.97. The molecule has 10 nitrogen and oxygen atoms in total. The van der Waals surface area contributed by atoms with Crippen LogP contribution in [0.4, 0.5) is 0 Å². The van der Waals surface area contributed by atoms with Gasteiger partial charge in [-0.05, 0) is 62.5 Å². The number of hydrogen-bond donors (Lipinski definition) is 6. The molecule has 0 radical (unpaired) electrons. The van der Waals surface area contributed by atoms with Gasteiger partial charge < -0.3 is 32.5 Å². The number of amides is 3. The number of carbonyl (C=O) groups is 4. The summed E-state index contributed by atoms with van der Waals surface area (Å²) in [6, 6.07) is -3.61. The fraction of sp³-hybridized carbons (Fsp3) is 0.818. The zero-order valence-electron chi connectivity index (χ0n) is 20.6. The second-order valence-electron chi connectivity index (χ2n) is 8.99. The van der Waals surface area contributed by atoms with Gasteiger partial charge in [-0.3, -0.25) is 14.4 Å². The molecular weight excluding hydrogens is 446 g/mol. The summed E-state index contributed by atoms with van der Waals surface area (Å²) >= 11 is 1.51. The lowest BCUT2D eigenvalue weighted by Crippen LogP contribution is -2.57. The van der Waals surface area contributed by atoms with Crippen molar-refractivity contribution >= 4 is 35.5 Å². The molecule has 0 aliphatic carbocycles. The average Bonchev–Trinajstić information content (AvgIpc) is 2.73. The van der Waals surface area contributed by atoms with Gasteiger partial charge >= 0.3 is 5.97 Å². The maximum atomic E-state index is 13.0. The van der Waals surface area contributed by atoms with Crippen molar-refractivity contribution in [2.24, 2.45) is 23.3 Å². The molecule has 33 heavy (non-hydrogen) atoms. The Balaban J connectivity index is 5.46. The molecular formula is C22H43N5O5S. The van der Waals surface area contributed by atoms with E-state index in [4.69, 9.17) is 11.5 Å². The van der Waals surface area contributed by atoms with E-state index in [0.717, 1.165) is 0 Å². The highest BCUT2D eigenvalue weighted by atomic mass is 32.2. The minimum atomic E-state index is -1.12. The molecule has 0 rings (SSSR count). The molecule has 11 heteroatoms. The third-order valence-electron chi connectivity index (χ3n) is 5.17. The molecule has 4 unspecified atom stereocenters. The van der Waals surface area contributed by atoms with Crippen molar-refractivity contribution in [1.29, 1.82) is 0 Å². The van der Waals surface area contributed by atoms with Crippen LogP contribution in [0.15, 0.2) is 0 Å². The van der Waals surface area contributed by atoms with Gasteiger partial charge in [-0.15, -0.1) is 0 Å². The molecule has 0 saturated carbocycles. The fourth-order valence-corrected chi connectivity index (χ4v) is 3.55. The van der Waals surface area contributed by atoms with Crippen molar-refractivity contribution in [2.45, 2.75) is 84.0 Å². The first-order valence-corrected chi connectivity index (χ1v) is 12.9. The Morgan fingerprint density at radius 1 is 0.848 bits per heavy atom. The zero-order chi connectivity index (χ0) is 25.6. The van der Waals surface area contributed by atoms with Crippen molar-refractivity contribution in [2.75, 3.05) is 18.6 Å². The number of rotatable bonds is 17. The van der Waals surface area contributed by atoms with E-state index < -0.39 is 47.9 Å². The highest BCUT2D eigenvalue weighted by Gasteiger charge is 2.30. The third-order valence-corrected chi connectivity index (χ3v) is 5.81. The van der Waals surface area contributed by atoms with Crippen LogP contribution in [0.5, 0.6) is 0 Å². The van der Waals surface area contributed by atoms with E-state index in [-0.39, 0.29) is 18.3 Å². The van der Waals surface area contributed by atoms with Crippen LogP contribution in [0.2, 0.25) is 0 Å². The summed E-state index contributed by atoms with van der Waals surface area (Å²) in [5.41, 5.74) is 11.5. The van der Waals surface area contributed by atoms with Crippen molar-refractivity contribution < 1.29 is 24.3 Å². The van der Waals surface area contributed by atoms with E-state index in [2.05, 4.69) is 16.0 Å². The van der Waals surface area contributed by atoms with E-state index in [1.54, 1.807) is 0 Å². The molecule has 0 saturated heterocycles. The van der Waals surface area contributed by atoms with Crippen LogP contribution in [0.25, 0.3) is 0 Å². The van der Waals surface area contributed by atoms with Gasteiger partial charge in [0, 0.05) is 0 Å². The van der Waals surface area contributed by atoms with Crippen LogP contribution in [0, 0.1) is 11.8 Å². The predicted octanol–water partition coefficient (Wildman–Crippen LogP) is 0.437. The Hall–Kier alpha value is -1.85. The van der Waals surface area contributed by atoms with Crippen molar-refractivity contribution in [3.63, 3.8) is 0 Å². The molecule has 0 spiro atoms. The van der Waals surface area contributed by atoms with Gasteiger partial charge in [0.25, 0.3) is 0 Å². The van der Waals surface area contributed by atoms with Gasteiger partial charge in [0.2, 0.25) is 17.7 Å². The van der Waals surface area contributed by atoms with E-state index in [9.17, 15) is 24.3 Å². The van der Waals surface area contributed by atoms with Gasteiger partial charge in [-0.2, -0.15) is 11.8 Å². The van der Waals surface area contributed by atoms with Crippen LogP contribution in [0.3, 0.4) is 0 Å². The van der Waals surface area contributed by atoms with Crippen molar-refractivity contribution in [3.05, 3.63) is 0 Å². The second kappa shape index (κ2) is 16.7. The zero-order valence-corrected chi connectivity index (χ0v) is 21.4. The normalized spacial score (nSPS) is 14.9. The van der Waals surface area contributed by atoms with Gasteiger partial charge in [0.15, 0.2) is 0 Å². The van der Waals surface area contributed by atoms with E-state index >= 15 is 0 Å². The van der Waals surface area contributed by atoms with Gasteiger partial charge in [-0.25, -0.2) is 4.79 Å². The first kappa shape index (κ1) is 31.1. The SMILES string of the molecule is CSCCC(NC(=O)C(CCCCN)NC(=O)C(N)C(C)C)C(=O)NC(CC(C)C)C(=O)O. The number of nitrogens with two attached hydrogens (primary N) is 2. The Kier molecular flexibility index (Phi) is 15.8. The number of nitrogens with one attached hydrogen (secondary N) is 3. The summed E-state index contributed by atoms with van der Waals surface area (Å²) in [6.45, 7) is 7.81. The first-order chi connectivity index (χ1) is 15.4. The lowest BCUT2D eigenvalue weighted by molar-refractivity contribution is -0.142. The Morgan fingerprint density at radius 2 is 1.36 bits per heavy atom. The molecule has 0 bridgehead atoms. The number of aliphatic carboxylic acids is 1. The van der Waals surface area contributed by atoms with Gasteiger partial charge in [-0.1, -0.05) is 27.7 Å². The minimum absolute atomic E-state index is 0.0675. The third kappa shape index (κ3) is 12.8. The quantitative estimate of drug-likeness (QED) is 0.159. The number of thioether (sulfide) groups is 1. The Morgan fingerprint density at radius 3 is 1.82 bits per heavy atom. The number of hydrogen-bond acceptors (Lipinski definition) is 7. The first-order valence-electron chi connectivity index (χ1n) is 11.5. The lowest BCUT2D eigenvalue weighted by Gasteiger charge is -2.26. The molecule has 0 heterocycles. The van der Waals surface area contributed by atoms with Crippen molar-refractivity contribution in [3.8, 4) is 0 Å². The summed E-state index contributed by atoms with van der Waals surface area (Å²) in [4.78, 5) is 49.9. The molecule has 0 aromatic heterocycles. The number of carboxylic acid groups (broad SMARTS) is 1. The minimum Gasteiger partial charge on any atom is -0.480 e. The predicted molar refractivity (Wildman–Crippen MR) is 132 cm³/mol. The largest absolute Gasteiger partial charge is 0.480 e. The molecule has 192 valence electrons. The molecule has 0 fully saturated rings. The highest BCUT2D eigenvalue weighted by Crippen LogP contribution is 2.09. The molecule has 0 aromatic rings. The number of carboxylic acids is 1. The van der Waals surface area contributed by atoms with Crippen LogP contribution in [-0.2, 0) is 19.2 Å². The maximum Gasteiger partial charge on any atom is 0.326 e. The molecule has 4 atom stereocenters. The summed E-state index contributed by atoms with van der Waals surface area (Å²) in [5.74, 6) is -2.08. The van der Waals surface area contributed by atoms with Crippen LogP contribution in [0.1, 0.15) is 59.8 Å². The standard InChI is InChI=1S/C22H43N5O5S/c1-13(2)12-17(22(31)32)27-20(29)16(9-11-33-5)25-19(28)15(8-6-7-10-23)26-21(30)18(24)14(3)4/h13-18H,6-12,23-24H2,1-5H3,(H,25,28)(H,26,30)(H,27,29)(H,31,32). The van der Waals surface area contributed by atoms with Gasteiger partial charge in [0.05, 0.1) is 6.04 Å². The Bertz CT molecular complexity index is 632. The van der Waals surface area contributed by atoms with Crippen LogP contribution >= 0.6 is 11.8 Å². The summed E-state index contributed by atoms with van der Waals surface area (Å²) < 4.78 is 0. The number of carbonyl (C=O) groups excluding carboxylic acids is 3. The van der Waals surface area contributed by atoms with Gasteiger partial charge in [0.1, 0.15) is 18.1 Å². The highest BCUT2D eigenvalue weighted by molar-refractivity contribution is 7.98. The molecule has 3 amide bonds. The molecule has 0 aliphatic rings. The smallest absolute Gasteiger partial charge is 0.326 e. The summed E-state index contributed by atoms with van der Waals surface area (Å²) in [6.07, 6.45) is 4.11.